The van der Waals surface area contributed by atoms with Crippen LogP contribution in [0, 0.1) is 0 Å². The van der Waals surface area contributed by atoms with Gasteiger partial charge >= 0.3 is 0 Å². The molecule has 8 heteroatoms. The zero-order valence-corrected chi connectivity index (χ0v) is 19.3. The van der Waals surface area contributed by atoms with Gasteiger partial charge in [0.15, 0.2) is 23.0 Å². The zero-order valence-electron chi connectivity index (χ0n) is 18.5. The Morgan fingerprint density at radius 3 is 2.85 bits per heavy atom. The van der Waals surface area contributed by atoms with Crippen molar-refractivity contribution in [2.75, 3.05) is 20.4 Å². The summed E-state index contributed by atoms with van der Waals surface area (Å²) in [4.78, 5) is 10.7. The van der Waals surface area contributed by atoms with Gasteiger partial charge in [0.25, 0.3) is 0 Å². The molecule has 0 saturated heterocycles. The number of benzene rings is 3. The van der Waals surface area contributed by atoms with E-state index < -0.39 is 0 Å². The van der Waals surface area contributed by atoms with Crippen molar-refractivity contribution >= 4 is 22.6 Å². The first kappa shape index (κ1) is 20.0. The number of H-pyrrole nitrogens is 1. The molecule has 0 saturated carbocycles. The summed E-state index contributed by atoms with van der Waals surface area (Å²) >= 11 is 6.20. The fourth-order valence-corrected chi connectivity index (χ4v) is 5.76. The molecule has 1 atom stereocenters. The third-order valence-electron chi connectivity index (χ3n) is 7.26. The van der Waals surface area contributed by atoms with E-state index in [0.29, 0.717) is 17.3 Å². The van der Waals surface area contributed by atoms with E-state index in [0.717, 1.165) is 64.4 Å². The van der Waals surface area contributed by atoms with Gasteiger partial charge in [-0.3, -0.25) is 4.90 Å². The maximum Gasteiger partial charge on any atom is 0.231 e. The van der Waals surface area contributed by atoms with Gasteiger partial charge in [0.05, 0.1) is 18.1 Å². The molecule has 0 spiro atoms. The molecule has 0 aliphatic carbocycles. The molecule has 1 unspecified atom stereocenters. The van der Waals surface area contributed by atoms with Crippen LogP contribution in [0.5, 0.6) is 23.0 Å². The number of nitrogens with zero attached hydrogens (tertiary/aromatic N) is 2. The second-order valence-corrected chi connectivity index (χ2v) is 9.46. The molecule has 172 valence electrons. The largest absolute Gasteiger partial charge is 0.504 e. The predicted molar refractivity (Wildman–Crippen MR) is 128 cm³/mol. The summed E-state index contributed by atoms with van der Waals surface area (Å²) < 4.78 is 16.8. The number of hydrogen-bond donors (Lipinski definition) is 2. The van der Waals surface area contributed by atoms with E-state index in [1.807, 2.05) is 24.3 Å². The van der Waals surface area contributed by atoms with Crippen LogP contribution in [0.3, 0.4) is 0 Å². The van der Waals surface area contributed by atoms with E-state index in [4.69, 9.17) is 30.8 Å². The van der Waals surface area contributed by atoms with Gasteiger partial charge in [-0.25, -0.2) is 4.98 Å². The van der Waals surface area contributed by atoms with Crippen LogP contribution in [0.2, 0.25) is 5.02 Å². The van der Waals surface area contributed by atoms with Crippen LogP contribution < -0.4 is 14.2 Å². The van der Waals surface area contributed by atoms with E-state index >= 15 is 0 Å². The number of hydrogen-bond acceptors (Lipinski definition) is 6. The number of ether oxygens (including phenoxy) is 3. The minimum atomic E-state index is 0.177. The van der Waals surface area contributed by atoms with Crippen LogP contribution in [-0.4, -0.2) is 40.4 Å². The number of aromatic hydroxyl groups is 1. The van der Waals surface area contributed by atoms with Crippen LogP contribution in [-0.2, 0) is 19.4 Å². The van der Waals surface area contributed by atoms with Crippen molar-refractivity contribution in [2.45, 2.75) is 25.4 Å². The number of phenolic OH excluding ortho intramolecular Hbond substituents is 1. The second-order valence-electron chi connectivity index (χ2n) is 9.02. The molecule has 0 bridgehead atoms. The number of fused-ring (bicyclic) bond motifs is 6. The van der Waals surface area contributed by atoms with Gasteiger partial charge in [-0.2, -0.15) is 0 Å². The highest BCUT2D eigenvalue weighted by Crippen LogP contribution is 2.49. The molecule has 4 aromatic rings. The normalized spacial score (nSPS) is 18.5. The van der Waals surface area contributed by atoms with Crippen molar-refractivity contribution in [2.24, 2.45) is 0 Å². The fraction of sp³-hybridized carbons (Fsp3) is 0.269. The number of rotatable bonds is 2. The third-order valence-corrected chi connectivity index (χ3v) is 7.50. The first-order valence-electron chi connectivity index (χ1n) is 11.3. The number of aromatic nitrogens is 2. The Kier molecular flexibility index (Phi) is 4.29. The van der Waals surface area contributed by atoms with Gasteiger partial charge in [0.2, 0.25) is 6.79 Å². The van der Waals surface area contributed by atoms with E-state index in [2.05, 4.69) is 22.0 Å². The highest BCUT2D eigenvalue weighted by molar-refractivity contribution is 6.31. The number of aromatic amines is 1. The highest BCUT2D eigenvalue weighted by Gasteiger charge is 2.37. The summed E-state index contributed by atoms with van der Waals surface area (Å²) in [5.41, 5.74) is 7.18. The smallest absolute Gasteiger partial charge is 0.231 e. The Morgan fingerprint density at radius 2 is 2.00 bits per heavy atom. The maximum atomic E-state index is 11.1. The first-order chi connectivity index (χ1) is 16.6. The molecule has 2 N–H and O–H groups in total. The zero-order chi connectivity index (χ0) is 23.0. The molecule has 3 aliphatic rings. The molecule has 0 fully saturated rings. The van der Waals surface area contributed by atoms with Crippen molar-refractivity contribution in [3.05, 3.63) is 63.7 Å². The van der Waals surface area contributed by atoms with Crippen LogP contribution in [0.25, 0.3) is 22.4 Å². The van der Waals surface area contributed by atoms with Gasteiger partial charge in [-0.15, -0.1) is 0 Å². The monoisotopic (exact) mass is 475 g/mol. The van der Waals surface area contributed by atoms with Crippen LogP contribution in [0.4, 0.5) is 0 Å². The van der Waals surface area contributed by atoms with Gasteiger partial charge in [0, 0.05) is 35.3 Å². The average molecular weight is 476 g/mol. The molecule has 0 radical (unpaired) electrons. The summed E-state index contributed by atoms with van der Waals surface area (Å²) in [5, 5.41) is 11.7. The number of halogens is 1. The lowest BCUT2D eigenvalue weighted by molar-refractivity contribution is 0.158. The average Bonchev–Trinajstić information content (AvgIpc) is 3.48. The summed E-state index contributed by atoms with van der Waals surface area (Å²) in [5.74, 6) is 3.02. The van der Waals surface area contributed by atoms with Crippen molar-refractivity contribution in [1.82, 2.24) is 14.9 Å². The predicted octanol–water partition coefficient (Wildman–Crippen LogP) is 4.98. The van der Waals surface area contributed by atoms with Crippen molar-refractivity contribution in [3.63, 3.8) is 0 Å². The minimum absolute atomic E-state index is 0.177. The van der Waals surface area contributed by atoms with E-state index in [-0.39, 0.29) is 18.6 Å². The van der Waals surface area contributed by atoms with Gasteiger partial charge < -0.3 is 24.3 Å². The number of imidazole rings is 1. The summed E-state index contributed by atoms with van der Waals surface area (Å²) in [7, 11) is 1.58. The van der Waals surface area contributed by atoms with E-state index in [9.17, 15) is 5.11 Å². The lowest BCUT2D eigenvalue weighted by Gasteiger charge is -2.42. The van der Waals surface area contributed by atoms with E-state index in [1.54, 1.807) is 7.11 Å². The summed E-state index contributed by atoms with van der Waals surface area (Å²) in [6, 6.07) is 11.9. The highest BCUT2D eigenvalue weighted by atomic mass is 35.5. The molecular weight excluding hydrogens is 454 g/mol. The number of phenols is 1. The Labute approximate surface area is 200 Å². The molecule has 3 aliphatic heterocycles. The molecule has 7 nitrogen and oxygen atoms in total. The van der Waals surface area contributed by atoms with Crippen molar-refractivity contribution in [1.29, 1.82) is 0 Å². The number of nitrogens with one attached hydrogen (secondary N) is 1. The standard InChI is InChI=1S/C26H22ClN3O4/c1-32-24-10-17(26-28-19-3-2-14(27)7-20(19)29-26)16-8-21-15-9-23-22(33-12-34-23)6-13(15)4-5-30(21)11-18(16)25(24)31/h2-3,6-7,9-10,21,31H,4-5,8,11-12H2,1H3,(H,28,29). The molecule has 0 amide bonds. The summed E-state index contributed by atoms with van der Waals surface area (Å²) in [6.07, 6.45) is 1.67. The topological polar surface area (TPSA) is 79.8 Å². The first-order valence-corrected chi connectivity index (χ1v) is 11.7. The Bertz CT molecular complexity index is 1480. The van der Waals surface area contributed by atoms with Crippen LogP contribution in [0.15, 0.2) is 36.4 Å². The Morgan fingerprint density at radius 1 is 1.15 bits per heavy atom. The third kappa shape index (κ3) is 2.90. The second kappa shape index (κ2) is 7.29. The van der Waals surface area contributed by atoms with Crippen molar-refractivity contribution in [3.8, 4) is 34.4 Å². The maximum absolute atomic E-state index is 11.1. The molecule has 34 heavy (non-hydrogen) atoms. The molecule has 4 heterocycles. The lowest BCUT2D eigenvalue weighted by Crippen LogP contribution is -2.39. The molecule has 7 rings (SSSR count). The van der Waals surface area contributed by atoms with Gasteiger partial charge in [-0.05, 0) is 65.9 Å². The van der Waals surface area contributed by atoms with Gasteiger partial charge in [0.1, 0.15) is 5.82 Å². The molecule has 1 aromatic heterocycles. The lowest BCUT2D eigenvalue weighted by atomic mass is 9.81. The quantitative estimate of drug-likeness (QED) is 0.425. The van der Waals surface area contributed by atoms with Crippen molar-refractivity contribution < 1.29 is 19.3 Å². The van der Waals surface area contributed by atoms with Crippen LogP contribution >= 0.6 is 11.6 Å². The van der Waals surface area contributed by atoms with Gasteiger partial charge in [-0.1, -0.05) is 11.6 Å². The molecular formula is C26H22ClN3O4. The van der Waals surface area contributed by atoms with Crippen LogP contribution in [0.1, 0.15) is 28.3 Å². The SMILES string of the molecule is COc1cc(-c2nc3ccc(Cl)cc3[nH]2)c2c(c1O)CN1CCc3cc4c(cc3C1C2)OCO4. The van der Waals surface area contributed by atoms with E-state index in [1.165, 1.54) is 11.1 Å². The molecule has 3 aromatic carbocycles. The number of methoxy groups -OCH3 is 1. The Balaban J connectivity index is 1.39. The summed E-state index contributed by atoms with van der Waals surface area (Å²) in [6.45, 7) is 1.81. The fourth-order valence-electron chi connectivity index (χ4n) is 5.59. The Hall–Kier alpha value is -3.42. The minimum Gasteiger partial charge on any atom is -0.504 e.